The smallest absolute Gasteiger partial charge is 0.282 e. The van der Waals surface area contributed by atoms with Gasteiger partial charge in [-0.15, -0.1) is 0 Å². The number of aromatic nitrogens is 2. The van der Waals surface area contributed by atoms with Crippen molar-refractivity contribution in [2.24, 2.45) is 12.5 Å². The summed E-state index contributed by atoms with van der Waals surface area (Å²) in [4.78, 5) is 55.9. The van der Waals surface area contributed by atoms with Crippen LogP contribution in [0.2, 0.25) is 0 Å². The molecule has 2 aromatic carbocycles. The van der Waals surface area contributed by atoms with Gasteiger partial charge in [-0.3, -0.25) is 24.5 Å². The third kappa shape index (κ3) is 5.84. The lowest BCUT2D eigenvalue weighted by molar-refractivity contribution is -0.134. The van der Waals surface area contributed by atoms with Crippen LogP contribution in [0.1, 0.15) is 52.6 Å². The highest BCUT2D eigenvalue weighted by Gasteiger charge is 2.53. The minimum absolute atomic E-state index is 0.0764. The molecule has 4 saturated heterocycles. The summed E-state index contributed by atoms with van der Waals surface area (Å²) >= 11 is 3.42. The van der Waals surface area contributed by atoms with Crippen molar-refractivity contribution >= 4 is 45.0 Å². The Bertz CT molecular complexity index is 1730. The number of likely N-dealkylation sites (tertiary alicyclic amines) is 2. The zero-order valence-electron chi connectivity index (χ0n) is 26.0. The van der Waals surface area contributed by atoms with Crippen LogP contribution in [-0.2, 0) is 16.6 Å². The number of nitrogens with one attached hydrogen (secondary N) is 2. The summed E-state index contributed by atoms with van der Waals surface area (Å²) < 4.78 is 1.79. The number of hydrogen-bond donors (Lipinski definition) is 2. The lowest BCUT2D eigenvalue weighted by Crippen LogP contribution is -2.73. The molecule has 46 heavy (non-hydrogen) atoms. The summed E-state index contributed by atoms with van der Waals surface area (Å²) in [6, 6.07) is 16.3. The molecule has 0 radical (unpaired) electrons. The number of carbonyl (C=O) groups is 3. The Balaban J connectivity index is 0.912. The molecule has 2 N–H and O–H groups in total. The number of imide groups is 1. The Morgan fingerprint density at radius 2 is 1.65 bits per heavy atom. The zero-order valence-corrected chi connectivity index (χ0v) is 27.6. The van der Waals surface area contributed by atoms with E-state index in [1.165, 1.54) is 10.2 Å². The molecule has 0 saturated carbocycles. The molecule has 240 valence electrons. The summed E-state index contributed by atoms with van der Waals surface area (Å²) in [5.74, 6) is -0.313. The van der Waals surface area contributed by atoms with Gasteiger partial charge in [-0.1, -0.05) is 24.3 Å². The van der Waals surface area contributed by atoms with E-state index in [4.69, 9.17) is 0 Å². The topological polar surface area (TPSA) is 120 Å². The molecule has 3 atom stereocenters. The molecular formula is C34H38BrN7O4. The van der Waals surface area contributed by atoms with E-state index in [0.717, 1.165) is 56.9 Å². The van der Waals surface area contributed by atoms with Crippen molar-refractivity contribution in [3.63, 3.8) is 0 Å². The minimum Gasteiger partial charge on any atom is -0.379 e. The number of nitrogens with zero attached hydrogens (tertiary/aromatic N) is 5. The Labute approximate surface area is 276 Å². The van der Waals surface area contributed by atoms with Crippen LogP contribution in [0.5, 0.6) is 0 Å². The van der Waals surface area contributed by atoms with Gasteiger partial charge < -0.3 is 20.0 Å². The monoisotopic (exact) mass is 687 g/mol. The van der Waals surface area contributed by atoms with Gasteiger partial charge in [0, 0.05) is 75.4 Å². The lowest BCUT2D eigenvalue weighted by Gasteiger charge is -2.61. The molecule has 4 aliphatic heterocycles. The largest absolute Gasteiger partial charge is 0.379 e. The molecule has 3 amide bonds. The van der Waals surface area contributed by atoms with E-state index in [0.29, 0.717) is 34.5 Å². The second-order valence-corrected chi connectivity index (χ2v) is 14.3. The third-order valence-electron chi connectivity index (χ3n) is 9.99. The average Bonchev–Trinajstić information content (AvgIpc) is 3.00. The number of aryl methyl sites for hydroxylation is 1. The molecule has 5 heterocycles. The first-order valence-corrected chi connectivity index (χ1v) is 16.6. The maximum absolute atomic E-state index is 13.3. The van der Waals surface area contributed by atoms with Crippen molar-refractivity contribution in [1.82, 2.24) is 24.9 Å². The minimum atomic E-state index is -0.273. The van der Waals surface area contributed by atoms with Gasteiger partial charge in [0.2, 0.25) is 11.8 Å². The van der Waals surface area contributed by atoms with Crippen LogP contribution in [-0.4, -0.2) is 89.7 Å². The summed E-state index contributed by atoms with van der Waals surface area (Å²) in [7, 11) is 3.74. The predicted molar refractivity (Wildman–Crippen MR) is 178 cm³/mol. The van der Waals surface area contributed by atoms with Crippen molar-refractivity contribution in [1.29, 1.82) is 0 Å². The normalized spacial score (nSPS) is 24.3. The van der Waals surface area contributed by atoms with Crippen LogP contribution < -0.4 is 21.1 Å². The number of anilines is 2. The number of amides is 3. The molecule has 12 heteroatoms. The maximum atomic E-state index is 13.3. The van der Waals surface area contributed by atoms with Crippen molar-refractivity contribution in [3.8, 4) is 0 Å². The number of likely N-dealkylation sites (N-methyl/N-ethyl adjacent to an activating group) is 1. The quantitative estimate of drug-likeness (QED) is 0.380. The van der Waals surface area contributed by atoms with Crippen molar-refractivity contribution in [2.45, 2.75) is 37.1 Å². The Morgan fingerprint density at radius 1 is 0.957 bits per heavy atom. The molecule has 0 bridgehead atoms. The van der Waals surface area contributed by atoms with Gasteiger partial charge in [-0.05, 0) is 77.1 Å². The van der Waals surface area contributed by atoms with Crippen LogP contribution >= 0.6 is 15.9 Å². The fourth-order valence-electron chi connectivity index (χ4n) is 7.56. The molecular weight excluding hydrogens is 650 g/mol. The average molecular weight is 689 g/mol. The Kier molecular flexibility index (Phi) is 7.96. The SMILES string of the molecule is CN1C[C@H](Nc2cnn(C)c(=O)c2Br)C[C@H](c2ccc(C(=O)N3CC4(C3)CN(c3ccc(C5CCC(=O)NC5=O)cc3)C4)cc2)C1. The van der Waals surface area contributed by atoms with E-state index < -0.39 is 0 Å². The first kappa shape index (κ1) is 30.6. The van der Waals surface area contributed by atoms with Crippen LogP contribution in [0.15, 0.2) is 64.0 Å². The highest BCUT2D eigenvalue weighted by molar-refractivity contribution is 9.10. The van der Waals surface area contributed by atoms with E-state index in [1.807, 2.05) is 29.2 Å². The summed E-state index contributed by atoms with van der Waals surface area (Å²) in [6.07, 6.45) is 3.51. The van der Waals surface area contributed by atoms with Crippen molar-refractivity contribution < 1.29 is 14.4 Å². The molecule has 3 aromatic rings. The number of piperidine rings is 2. The van der Waals surface area contributed by atoms with Gasteiger partial charge in [0.15, 0.2) is 0 Å². The van der Waals surface area contributed by atoms with Crippen LogP contribution in [0.3, 0.4) is 0 Å². The van der Waals surface area contributed by atoms with E-state index >= 15 is 0 Å². The van der Waals surface area contributed by atoms with Crippen molar-refractivity contribution in [2.75, 3.05) is 56.5 Å². The highest BCUT2D eigenvalue weighted by Crippen LogP contribution is 2.43. The molecule has 0 aliphatic carbocycles. The molecule has 1 unspecified atom stereocenters. The number of rotatable bonds is 6. The number of hydrogen-bond acceptors (Lipinski definition) is 8. The maximum Gasteiger partial charge on any atom is 0.282 e. The molecule has 7 rings (SSSR count). The Hall–Kier alpha value is -4.03. The first-order valence-electron chi connectivity index (χ1n) is 15.8. The van der Waals surface area contributed by atoms with Gasteiger partial charge in [0.1, 0.15) is 4.47 Å². The molecule has 11 nitrogen and oxygen atoms in total. The summed E-state index contributed by atoms with van der Waals surface area (Å²) in [5.41, 5.74) is 4.64. The second-order valence-electron chi connectivity index (χ2n) is 13.5. The molecule has 4 aliphatic rings. The van der Waals surface area contributed by atoms with E-state index in [-0.39, 0.29) is 40.7 Å². The first-order chi connectivity index (χ1) is 22.1. The fourth-order valence-corrected chi connectivity index (χ4v) is 8.03. The van der Waals surface area contributed by atoms with Crippen molar-refractivity contribution in [3.05, 3.63) is 86.2 Å². The van der Waals surface area contributed by atoms with Crippen LogP contribution in [0, 0.1) is 5.41 Å². The Morgan fingerprint density at radius 3 is 2.35 bits per heavy atom. The van der Waals surface area contributed by atoms with Gasteiger partial charge in [0.05, 0.1) is 17.8 Å². The summed E-state index contributed by atoms with van der Waals surface area (Å²) in [5, 5.41) is 10.1. The van der Waals surface area contributed by atoms with Gasteiger partial charge >= 0.3 is 0 Å². The molecule has 4 fully saturated rings. The molecule has 1 spiro atoms. The number of carbonyl (C=O) groups excluding carboxylic acids is 3. The van der Waals surface area contributed by atoms with Crippen LogP contribution in [0.25, 0.3) is 0 Å². The van der Waals surface area contributed by atoms with Gasteiger partial charge in [-0.25, -0.2) is 4.68 Å². The lowest BCUT2D eigenvalue weighted by atomic mass is 9.72. The van der Waals surface area contributed by atoms with Crippen LogP contribution in [0.4, 0.5) is 11.4 Å². The predicted octanol–water partition coefficient (Wildman–Crippen LogP) is 2.93. The highest BCUT2D eigenvalue weighted by atomic mass is 79.9. The standard InChI is InChI=1S/C34H38BrN7O4/c1-39-15-24(13-25(16-39)37-28-14-36-40(2)33(46)30(28)35)21-3-5-23(6-4-21)32(45)42-19-34(20-42)17-41(18-34)26-9-7-22(8-10-26)27-11-12-29(43)38-31(27)44/h3-10,14,24-25,27,37H,11-13,15-20H2,1-2H3,(H,38,43,44)/t24-,25+,27?/m0/s1. The second kappa shape index (κ2) is 12.0. The van der Waals surface area contributed by atoms with Gasteiger partial charge in [-0.2, -0.15) is 5.10 Å². The number of halogens is 1. The van der Waals surface area contributed by atoms with Gasteiger partial charge in [0.25, 0.3) is 11.5 Å². The number of benzene rings is 2. The summed E-state index contributed by atoms with van der Waals surface area (Å²) in [6.45, 7) is 5.10. The zero-order chi connectivity index (χ0) is 32.2. The third-order valence-corrected chi connectivity index (χ3v) is 10.8. The fraction of sp³-hybridized carbons (Fsp3) is 0.441. The van der Waals surface area contributed by atoms with E-state index in [1.54, 1.807) is 13.2 Å². The van der Waals surface area contributed by atoms with E-state index in [9.17, 15) is 19.2 Å². The van der Waals surface area contributed by atoms with E-state index in [2.05, 4.69) is 72.8 Å². The molecule has 1 aromatic heterocycles.